The molecule has 1 aromatic carbocycles. The maximum atomic E-state index is 12.2. The first-order chi connectivity index (χ1) is 11.3. The van der Waals surface area contributed by atoms with E-state index < -0.39 is 10.0 Å². The van der Waals surface area contributed by atoms with Crippen LogP contribution in [0.4, 0.5) is 0 Å². The van der Waals surface area contributed by atoms with Gasteiger partial charge in [-0.2, -0.15) is 0 Å². The molecule has 1 N–H and O–H groups in total. The minimum absolute atomic E-state index is 0.0342. The first-order valence-corrected chi connectivity index (χ1v) is 9.33. The summed E-state index contributed by atoms with van der Waals surface area (Å²) < 4.78 is 35.7. The van der Waals surface area contributed by atoms with Crippen molar-refractivity contribution in [3.63, 3.8) is 0 Å². The molecule has 0 bridgehead atoms. The van der Waals surface area contributed by atoms with E-state index in [9.17, 15) is 13.2 Å². The Morgan fingerprint density at radius 1 is 1.29 bits per heavy atom. The lowest BCUT2D eigenvalue weighted by Crippen LogP contribution is -2.44. The summed E-state index contributed by atoms with van der Waals surface area (Å²) in [4.78, 5) is 12.2. The summed E-state index contributed by atoms with van der Waals surface area (Å²) in [6.45, 7) is 0.669. The molecule has 2 rings (SSSR count). The highest BCUT2D eigenvalue weighted by atomic mass is 32.2. The fraction of sp³-hybridized carbons (Fsp3) is 0.562. The minimum Gasteiger partial charge on any atom is -0.497 e. The lowest BCUT2D eigenvalue weighted by Gasteiger charge is -2.21. The minimum atomic E-state index is -3.33. The standard InChI is InChI=1S/C16H24N2O5S/c1-18(2)24(20,21)11-13-9-23-10-15(13)17-16(19)8-12-4-6-14(22-3)7-5-12/h4-7,13,15H,8-11H2,1-3H3,(H,17,19). The molecule has 7 nitrogen and oxygen atoms in total. The second-order valence-corrected chi connectivity index (χ2v) is 8.28. The quantitative estimate of drug-likeness (QED) is 0.758. The SMILES string of the molecule is COc1ccc(CC(=O)NC2COCC2CS(=O)(=O)N(C)C)cc1. The van der Waals surface area contributed by atoms with Crippen molar-refractivity contribution in [3.05, 3.63) is 29.8 Å². The fourth-order valence-corrected chi connectivity index (χ4v) is 3.70. The van der Waals surface area contributed by atoms with Crippen molar-refractivity contribution in [1.29, 1.82) is 0 Å². The first-order valence-electron chi connectivity index (χ1n) is 7.72. The molecule has 134 valence electrons. The van der Waals surface area contributed by atoms with Gasteiger partial charge in [0.1, 0.15) is 5.75 Å². The summed E-state index contributed by atoms with van der Waals surface area (Å²) in [5, 5.41) is 2.89. The number of amides is 1. The molecule has 1 amide bonds. The summed E-state index contributed by atoms with van der Waals surface area (Å²) in [6.07, 6.45) is 0.230. The van der Waals surface area contributed by atoms with Crippen molar-refractivity contribution in [3.8, 4) is 5.75 Å². The van der Waals surface area contributed by atoms with Gasteiger partial charge < -0.3 is 14.8 Å². The van der Waals surface area contributed by atoms with Gasteiger partial charge in [-0.1, -0.05) is 12.1 Å². The molecule has 1 aliphatic rings. The van der Waals surface area contributed by atoms with Gasteiger partial charge in [0.15, 0.2) is 0 Å². The number of sulfonamides is 1. The number of hydrogen-bond acceptors (Lipinski definition) is 5. The van der Waals surface area contributed by atoms with Gasteiger partial charge in [-0.15, -0.1) is 0 Å². The lowest BCUT2D eigenvalue weighted by atomic mass is 10.1. The van der Waals surface area contributed by atoms with Crippen LogP contribution < -0.4 is 10.1 Å². The number of rotatable bonds is 7. The van der Waals surface area contributed by atoms with Crippen LogP contribution in [0.2, 0.25) is 0 Å². The number of carbonyl (C=O) groups is 1. The fourth-order valence-electron chi connectivity index (χ4n) is 2.53. The molecule has 24 heavy (non-hydrogen) atoms. The average Bonchev–Trinajstić information content (AvgIpc) is 2.94. The van der Waals surface area contributed by atoms with Gasteiger partial charge >= 0.3 is 0 Å². The van der Waals surface area contributed by atoms with Crippen LogP contribution in [0.25, 0.3) is 0 Å². The van der Waals surface area contributed by atoms with Gasteiger partial charge in [-0.3, -0.25) is 4.79 Å². The van der Waals surface area contributed by atoms with E-state index in [2.05, 4.69) is 5.32 Å². The van der Waals surface area contributed by atoms with Crippen LogP contribution in [0.15, 0.2) is 24.3 Å². The third kappa shape index (κ3) is 4.93. The van der Waals surface area contributed by atoms with E-state index in [0.29, 0.717) is 13.2 Å². The maximum absolute atomic E-state index is 12.2. The molecule has 1 fully saturated rings. The Bertz CT molecular complexity index is 658. The summed E-state index contributed by atoms with van der Waals surface area (Å²) in [7, 11) is 1.26. The number of hydrogen-bond donors (Lipinski definition) is 1. The largest absolute Gasteiger partial charge is 0.497 e. The summed E-state index contributed by atoms with van der Waals surface area (Å²) >= 11 is 0. The Kier molecular flexibility index (Phi) is 6.20. The Hall–Kier alpha value is -1.64. The smallest absolute Gasteiger partial charge is 0.224 e. The van der Waals surface area contributed by atoms with Crippen molar-refractivity contribution >= 4 is 15.9 Å². The van der Waals surface area contributed by atoms with Crippen LogP contribution in [-0.2, 0) is 26.0 Å². The van der Waals surface area contributed by atoms with Gasteiger partial charge in [-0.25, -0.2) is 12.7 Å². The number of carbonyl (C=O) groups excluding carboxylic acids is 1. The average molecular weight is 356 g/mol. The normalized spacial score (nSPS) is 21.0. The Balaban J connectivity index is 1.92. The monoisotopic (exact) mass is 356 g/mol. The molecule has 0 aliphatic carbocycles. The number of methoxy groups -OCH3 is 1. The Labute approximate surface area is 143 Å². The predicted octanol–water partition coefficient (Wildman–Crippen LogP) is 0.260. The Morgan fingerprint density at radius 2 is 1.96 bits per heavy atom. The zero-order valence-corrected chi connectivity index (χ0v) is 15.0. The second-order valence-electron chi connectivity index (χ2n) is 6.06. The van der Waals surface area contributed by atoms with Gasteiger partial charge in [0.25, 0.3) is 0 Å². The molecule has 0 saturated carbocycles. The van der Waals surface area contributed by atoms with Gasteiger partial charge in [0, 0.05) is 20.0 Å². The molecule has 1 aromatic rings. The van der Waals surface area contributed by atoms with E-state index >= 15 is 0 Å². The predicted molar refractivity (Wildman–Crippen MR) is 90.4 cm³/mol. The topological polar surface area (TPSA) is 84.9 Å². The van der Waals surface area contributed by atoms with Crippen LogP contribution in [0.5, 0.6) is 5.75 Å². The number of nitrogens with one attached hydrogen (secondary N) is 1. The third-order valence-corrected chi connectivity index (χ3v) is 6.01. The van der Waals surface area contributed by atoms with E-state index in [0.717, 1.165) is 11.3 Å². The maximum Gasteiger partial charge on any atom is 0.224 e. The third-order valence-electron chi connectivity index (χ3n) is 4.05. The molecule has 1 saturated heterocycles. The van der Waals surface area contributed by atoms with E-state index in [1.54, 1.807) is 19.2 Å². The van der Waals surface area contributed by atoms with Crippen LogP contribution >= 0.6 is 0 Å². The highest BCUT2D eigenvalue weighted by Crippen LogP contribution is 2.18. The highest BCUT2D eigenvalue weighted by Gasteiger charge is 2.34. The molecule has 0 radical (unpaired) electrons. The highest BCUT2D eigenvalue weighted by molar-refractivity contribution is 7.89. The van der Waals surface area contributed by atoms with Gasteiger partial charge in [0.2, 0.25) is 15.9 Å². The van der Waals surface area contributed by atoms with Crippen molar-refractivity contribution in [1.82, 2.24) is 9.62 Å². The summed E-state index contributed by atoms with van der Waals surface area (Å²) in [6, 6.07) is 6.97. The number of benzene rings is 1. The van der Waals surface area contributed by atoms with Crippen molar-refractivity contribution in [2.75, 3.05) is 40.2 Å². The van der Waals surface area contributed by atoms with E-state index in [4.69, 9.17) is 9.47 Å². The van der Waals surface area contributed by atoms with Crippen molar-refractivity contribution < 1.29 is 22.7 Å². The molecule has 1 aliphatic heterocycles. The molecule has 2 unspecified atom stereocenters. The molecular formula is C16H24N2O5S. The van der Waals surface area contributed by atoms with Crippen LogP contribution in [0.1, 0.15) is 5.56 Å². The zero-order chi connectivity index (χ0) is 17.7. The number of ether oxygens (including phenoxy) is 2. The van der Waals surface area contributed by atoms with Crippen LogP contribution in [0, 0.1) is 5.92 Å². The molecule has 2 atom stereocenters. The van der Waals surface area contributed by atoms with Crippen LogP contribution in [0.3, 0.4) is 0 Å². The second kappa shape index (κ2) is 7.96. The van der Waals surface area contributed by atoms with E-state index in [1.807, 2.05) is 12.1 Å². The molecular weight excluding hydrogens is 332 g/mol. The Morgan fingerprint density at radius 3 is 2.54 bits per heavy atom. The van der Waals surface area contributed by atoms with Crippen LogP contribution in [-0.4, -0.2) is 64.8 Å². The van der Waals surface area contributed by atoms with E-state index in [-0.39, 0.29) is 30.0 Å². The summed E-state index contributed by atoms with van der Waals surface area (Å²) in [5.74, 6) is 0.311. The van der Waals surface area contributed by atoms with Gasteiger partial charge in [-0.05, 0) is 17.7 Å². The lowest BCUT2D eigenvalue weighted by molar-refractivity contribution is -0.121. The van der Waals surface area contributed by atoms with E-state index in [1.165, 1.54) is 18.4 Å². The molecule has 1 heterocycles. The molecule has 8 heteroatoms. The van der Waals surface area contributed by atoms with Gasteiger partial charge in [0.05, 0.1) is 38.5 Å². The zero-order valence-electron chi connectivity index (χ0n) is 14.2. The van der Waals surface area contributed by atoms with Crippen molar-refractivity contribution in [2.24, 2.45) is 5.92 Å². The first kappa shape index (κ1) is 18.7. The molecule has 0 aromatic heterocycles. The summed E-state index contributed by atoms with van der Waals surface area (Å²) in [5.41, 5.74) is 0.865. The molecule has 0 spiro atoms. The number of nitrogens with zero attached hydrogens (tertiary/aromatic N) is 1. The van der Waals surface area contributed by atoms with Crippen molar-refractivity contribution in [2.45, 2.75) is 12.5 Å².